The molecular formula is C15H25N3O2. The summed E-state index contributed by atoms with van der Waals surface area (Å²) in [5, 5.41) is 0. The summed E-state index contributed by atoms with van der Waals surface area (Å²) >= 11 is 0. The highest BCUT2D eigenvalue weighted by molar-refractivity contribution is 5.95. The zero-order chi connectivity index (χ0) is 15.1. The van der Waals surface area contributed by atoms with E-state index >= 15 is 0 Å². The van der Waals surface area contributed by atoms with E-state index < -0.39 is 0 Å². The molecule has 0 aromatic heterocycles. The van der Waals surface area contributed by atoms with Crippen molar-refractivity contribution in [3.8, 4) is 5.75 Å². The van der Waals surface area contributed by atoms with Crippen molar-refractivity contribution in [3.63, 3.8) is 0 Å². The van der Waals surface area contributed by atoms with Gasteiger partial charge in [0.25, 0.3) is 5.91 Å². The first-order chi connectivity index (χ1) is 9.49. The number of nitrogen functional groups attached to an aromatic ring is 1. The average Bonchev–Trinajstić information content (AvgIpc) is 2.42. The van der Waals surface area contributed by atoms with Crippen molar-refractivity contribution >= 4 is 11.6 Å². The van der Waals surface area contributed by atoms with E-state index in [1.54, 1.807) is 25.3 Å². The van der Waals surface area contributed by atoms with E-state index in [4.69, 9.17) is 10.5 Å². The number of methoxy groups -OCH3 is 1. The first-order valence-electron chi connectivity index (χ1n) is 6.87. The molecule has 0 fully saturated rings. The lowest BCUT2D eigenvalue weighted by Gasteiger charge is -2.22. The number of hydrogen-bond acceptors (Lipinski definition) is 4. The molecule has 5 heteroatoms. The van der Waals surface area contributed by atoms with Crippen LogP contribution in [0, 0.1) is 0 Å². The van der Waals surface area contributed by atoms with Crippen LogP contribution < -0.4 is 10.5 Å². The van der Waals surface area contributed by atoms with Gasteiger partial charge in [-0.3, -0.25) is 4.79 Å². The number of nitrogens with two attached hydrogens (primary N) is 1. The molecule has 1 rings (SSSR count). The molecule has 0 bridgehead atoms. The second-order valence-corrected chi connectivity index (χ2v) is 5.00. The van der Waals surface area contributed by atoms with Gasteiger partial charge in [-0.2, -0.15) is 0 Å². The fourth-order valence-electron chi connectivity index (χ4n) is 2.03. The first-order valence-corrected chi connectivity index (χ1v) is 6.87. The largest absolute Gasteiger partial charge is 0.495 e. The molecule has 0 spiro atoms. The van der Waals surface area contributed by atoms with Crippen molar-refractivity contribution in [2.24, 2.45) is 0 Å². The topological polar surface area (TPSA) is 58.8 Å². The molecule has 0 radical (unpaired) electrons. The fraction of sp³-hybridized carbons (Fsp3) is 0.533. The van der Waals surface area contributed by atoms with Gasteiger partial charge in [-0.1, -0.05) is 0 Å². The Morgan fingerprint density at radius 3 is 2.50 bits per heavy atom. The molecule has 0 unspecified atom stereocenters. The summed E-state index contributed by atoms with van der Waals surface area (Å²) < 4.78 is 5.10. The van der Waals surface area contributed by atoms with Gasteiger partial charge in [-0.15, -0.1) is 0 Å². The van der Waals surface area contributed by atoms with Crippen LogP contribution in [0.2, 0.25) is 0 Å². The number of anilines is 1. The molecule has 2 N–H and O–H groups in total. The minimum Gasteiger partial charge on any atom is -0.495 e. The zero-order valence-electron chi connectivity index (χ0n) is 12.8. The Morgan fingerprint density at radius 2 is 2.00 bits per heavy atom. The third-order valence-corrected chi connectivity index (χ3v) is 3.18. The van der Waals surface area contributed by atoms with Crippen LogP contribution in [0.1, 0.15) is 23.7 Å². The molecule has 1 aromatic rings. The van der Waals surface area contributed by atoms with Gasteiger partial charge >= 0.3 is 0 Å². The Kier molecular flexibility index (Phi) is 6.31. The van der Waals surface area contributed by atoms with Crippen LogP contribution in [-0.4, -0.2) is 56.5 Å². The summed E-state index contributed by atoms with van der Waals surface area (Å²) in [5.41, 5.74) is 6.94. The lowest BCUT2D eigenvalue weighted by molar-refractivity contribution is 0.0759. The summed E-state index contributed by atoms with van der Waals surface area (Å²) in [6, 6.07) is 5.16. The molecule has 0 heterocycles. The number of ether oxygens (including phenoxy) is 1. The third kappa shape index (κ3) is 4.42. The van der Waals surface area contributed by atoms with Crippen LogP contribution in [0.15, 0.2) is 18.2 Å². The van der Waals surface area contributed by atoms with Crippen LogP contribution in [0.5, 0.6) is 5.75 Å². The number of rotatable bonds is 7. The van der Waals surface area contributed by atoms with E-state index in [0.717, 1.165) is 19.5 Å². The summed E-state index contributed by atoms with van der Waals surface area (Å²) in [5.74, 6) is 0.609. The van der Waals surface area contributed by atoms with Crippen molar-refractivity contribution in [1.29, 1.82) is 0 Å². The molecule has 1 amide bonds. The molecule has 0 aliphatic heterocycles. The molecule has 5 nitrogen and oxygen atoms in total. The molecule has 20 heavy (non-hydrogen) atoms. The molecule has 0 atom stereocenters. The van der Waals surface area contributed by atoms with Crippen molar-refractivity contribution in [2.45, 2.75) is 13.3 Å². The second-order valence-electron chi connectivity index (χ2n) is 5.00. The van der Waals surface area contributed by atoms with Gasteiger partial charge < -0.3 is 20.3 Å². The quantitative estimate of drug-likeness (QED) is 0.772. The van der Waals surface area contributed by atoms with E-state index in [-0.39, 0.29) is 5.91 Å². The number of amides is 1. The van der Waals surface area contributed by atoms with E-state index in [1.165, 1.54) is 0 Å². The standard InChI is InChI=1S/C15H25N3O2/c1-5-18(10-6-9-17(2)3)15(19)12-7-8-14(20-4)13(16)11-12/h7-8,11H,5-6,9-10,16H2,1-4H3. The molecule has 0 aliphatic rings. The predicted octanol–water partition coefficient (Wildman–Crippen LogP) is 1.69. The van der Waals surface area contributed by atoms with Crippen LogP contribution >= 0.6 is 0 Å². The zero-order valence-corrected chi connectivity index (χ0v) is 12.8. The number of carbonyl (C=O) groups is 1. The summed E-state index contributed by atoms with van der Waals surface area (Å²) in [4.78, 5) is 16.4. The van der Waals surface area contributed by atoms with Gasteiger partial charge in [-0.05, 0) is 52.2 Å². The van der Waals surface area contributed by atoms with Crippen molar-refractivity contribution < 1.29 is 9.53 Å². The highest BCUT2D eigenvalue weighted by Crippen LogP contribution is 2.22. The molecular weight excluding hydrogens is 254 g/mol. The molecule has 1 aromatic carbocycles. The third-order valence-electron chi connectivity index (χ3n) is 3.18. The minimum atomic E-state index is 0.0145. The number of benzene rings is 1. The Morgan fingerprint density at radius 1 is 1.30 bits per heavy atom. The van der Waals surface area contributed by atoms with Crippen LogP contribution in [0.4, 0.5) is 5.69 Å². The molecule has 112 valence electrons. The van der Waals surface area contributed by atoms with E-state index in [0.29, 0.717) is 23.5 Å². The van der Waals surface area contributed by atoms with E-state index in [2.05, 4.69) is 4.90 Å². The van der Waals surface area contributed by atoms with Crippen LogP contribution in [0.25, 0.3) is 0 Å². The number of nitrogens with zero attached hydrogens (tertiary/aromatic N) is 2. The lowest BCUT2D eigenvalue weighted by atomic mass is 10.1. The molecule has 0 saturated heterocycles. The smallest absolute Gasteiger partial charge is 0.253 e. The lowest BCUT2D eigenvalue weighted by Crippen LogP contribution is -2.33. The summed E-state index contributed by atoms with van der Waals surface area (Å²) in [7, 11) is 5.62. The van der Waals surface area contributed by atoms with Gasteiger partial charge in [0.1, 0.15) is 5.75 Å². The van der Waals surface area contributed by atoms with Gasteiger partial charge in [0.05, 0.1) is 12.8 Å². The SMILES string of the molecule is CCN(CCCN(C)C)C(=O)c1ccc(OC)c(N)c1. The Labute approximate surface area is 121 Å². The van der Waals surface area contributed by atoms with Crippen LogP contribution in [-0.2, 0) is 0 Å². The maximum absolute atomic E-state index is 12.4. The highest BCUT2D eigenvalue weighted by atomic mass is 16.5. The summed E-state index contributed by atoms with van der Waals surface area (Å²) in [6.07, 6.45) is 0.957. The number of carbonyl (C=O) groups excluding carboxylic acids is 1. The highest BCUT2D eigenvalue weighted by Gasteiger charge is 2.15. The Balaban J connectivity index is 2.72. The monoisotopic (exact) mass is 279 g/mol. The first kappa shape index (κ1) is 16.3. The van der Waals surface area contributed by atoms with Crippen molar-refractivity contribution in [2.75, 3.05) is 46.6 Å². The van der Waals surface area contributed by atoms with Gasteiger partial charge in [0.2, 0.25) is 0 Å². The van der Waals surface area contributed by atoms with Crippen molar-refractivity contribution in [3.05, 3.63) is 23.8 Å². The maximum atomic E-state index is 12.4. The average molecular weight is 279 g/mol. The Bertz CT molecular complexity index is 447. The van der Waals surface area contributed by atoms with E-state index in [9.17, 15) is 4.79 Å². The van der Waals surface area contributed by atoms with Gasteiger partial charge in [-0.25, -0.2) is 0 Å². The van der Waals surface area contributed by atoms with Crippen LogP contribution in [0.3, 0.4) is 0 Å². The predicted molar refractivity (Wildman–Crippen MR) is 82.2 cm³/mol. The fourth-order valence-corrected chi connectivity index (χ4v) is 2.03. The summed E-state index contributed by atoms with van der Waals surface area (Å²) in [6.45, 7) is 4.40. The molecule has 0 saturated carbocycles. The second kappa shape index (κ2) is 7.75. The molecule has 0 aliphatic carbocycles. The minimum absolute atomic E-state index is 0.0145. The maximum Gasteiger partial charge on any atom is 0.253 e. The van der Waals surface area contributed by atoms with Gasteiger partial charge in [0.15, 0.2) is 0 Å². The van der Waals surface area contributed by atoms with E-state index in [1.807, 2.05) is 25.9 Å². The van der Waals surface area contributed by atoms with Gasteiger partial charge in [0, 0.05) is 18.7 Å². The Hall–Kier alpha value is -1.75. The number of hydrogen-bond donors (Lipinski definition) is 1. The normalized spacial score (nSPS) is 10.7. The van der Waals surface area contributed by atoms with Crippen molar-refractivity contribution in [1.82, 2.24) is 9.80 Å².